The first kappa shape index (κ1) is 15.1. The number of aromatic nitrogens is 2. The maximum atomic E-state index is 12.3. The third-order valence-electron chi connectivity index (χ3n) is 4.06. The summed E-state index contributed by atoms with van der Waals surface area (Å²) in [7, 11) is 0. The Labute approximate surface area is 145 Å². The summed E-state index contributed by atoms with van der Waals surface area (Å²) in [6.07, 6.45) is 3.34. The van der Waals surface area contributed by atoms with Crippen molar-refractivity contribution < 1.29 is 9.53 Å². The van der Waals surface area contributed by atoms with Crippen molar-refractivity contribution >= 4 is 11.6 Å². The first-order valence-corrected chi connectivity index (χ1v) is 8.05. The molecular weight excluding hydrogens is 312 g/mol. The third kappa shape index (κ3) is 3.15. The molecule has 0 saturated heterocycles. The molecule has 0 saturated carbocycles. The molecule has 0 aliphatic heterocycles. The summed E-state index contributed by atoms with van der Waals surface area (Å²) in [6.45, 7) is 0.230. The molecule has 0 amide bonds. The first-order valence-electron chi connectivity index (χ1n) is 8.05. The second-order valence-corrected chi connectivity index (χ2v) is 5.71. The molecule has 4 aromatic rings. The summed E-state index contributed by atoms with van der Waals surface area (Å²) in [5.74, 6) is -0.383. The van der Waals surface area contributed by atoms with E-state index in [1.807, 2.05) is 60.7 Å². The van der Waals surface area contributed by atoms with Gasteiger partial charge in [-0.1, -0.05) is 60.7 Å². The van der Waals surface area contributed by atoms with Crippen LogP contribution in [-0.4, -0.2) is 15.4 Å². The number of hydrogen-bond donors (Lipinski definition) is 0. The SMILES string of the molecule is O=C(OCc1ccc(-c2ccccc2)cc1)c1cnc2ccccn12. The zero-order valence-corrected chi connectivity index (χ0v) is 13.5. The van der Waals surface area contributed by atoms with Gasteiger partial charge in [-0.2, -0.15) is 0 Å². The Balaban J connectivity index is 1.45. The Bertz CT molecular complexity index is 1000. The van der Waals surface area contributed by atoms with Crippen LogP contribution in [-0.2, 0) is 11.3 Å². The number of rotatable bonds is 4. The first-order chi connectivity index (χ1) is 12.3. The van der Waals surface area contributed by atoms with Gasteiger partial charge in [-0.25, -0.2) is 9.78 Å². The fourth-order valence-electron chi connectivity index (χ4n) is 2.73. The van der Waals surface area contributed by atoms with Crippen LogP contribution in [0.25, 0.3) is 16.8 Å². The Morgan fingerprint density at radius 1 is 0.880 bits per heavy atom. The van der Waals surface area contributed by atoms with Crippen molar-refractivity contribution in [2.75, 3.05) is 0 Å². The van der Waals surface area contributed by atoms with E-state index in [-0.39, 0.29) is 12.6 Å². The molecule has 4 heteroatoms. The average Bonchev–Trinajstić information content (AvgIpc) is 3.11. The highest BCUT2D eigenvalue weighted by Crippen LogP contribution is 2.19. The molecule has 0 aliphatic rings. The number of fused-ring (bicyclic) bond motifs is 1. The van der Waals surface area contributed by atoms with Gasteiger partial charge in [0.2, 0.25) is 0 Å². The van der Waals surface area contributed by atoms with Crippen LogP contribution in [0, 0.1) is 0 Å². The Morgan fingerprint density at radius 3 is 2.40 bits per heavy atom. The largest absolute Gasteiger partial charge is 0.456 e. The monoisotopic (exact) mass is 328 g/mol. The van der Waals surface area contributed by atoms with Gasteiger partial charge in [0.15, 0.2) is 5.69 Å². The van der Waals surface area contributed by atoms with E-state index in [0.717, 1.165) is 22.3 Å². The van der Waals surface area contributed by atoms with Crippen LogP contribution < -0.4 is 0 Å². The summed E-state index contributed by atoms with van der Waals surface area (Å²) in [6, 6.07) is 23.8. The van der Waals surface area contributed by atoms with Gasteiger partial charge in [-0.3, -0.25) is 4.40 Å². The van der Waals surface area contributed by atoms with Crippen molar-refractivity contribution in [1.29, 1.82) is 0 Å². The van der Waals surface area contributed by atoms with Crippen molar-refractivity contribution in [1.82, 2.24) is 9.38 Å². The summed E-state index contributed by atoms with van der Waals surface area (Å²) >= 11 is 0. The summed E-state index contributed by atoms with van der Waals surface area (Å²) in [5.41, 5.74) is 4.40. The molecule has 0 aliphatic carbocycles. The van der Waals surface area contributed by atoms with Gasteiger partial charge in [0, 0.05) is 6.20 Å². The molecule has 4 rings (SSSR count). The second kappa shape index (κ2) is 6.61. The highest BCUT2D eigenvalue weighted by Gasteiger charge is 2.13. The summed E-state index contributed by atoms with van der Waals surface area (Å²) in [4.78, 5) is 16.5. The zero-order valence-electron chi connectivity index (χ0n) is 13.5. The van der Waals surface area contributed by atoms with Crippen LogP contribution in [0.3, 0.4) is 0 Å². The molecule has 2 heterocycles. The Kier molecular flexibility index (Phi) is 4.01. The smallest absolute Gasteiger partial charge is 0.357 e. The van der Waals surface area contributed by atoms with Gasteiger partial charge in [0.25, 0.3) is 0 Å². The Morgan fingerprint density at radius 2 is 1.60 bits per heavy atom. The summed E-state index contributed by atoms with van der Waals surface area (Å²) < 4.78 is 7.15. The van der Waals surface area contributed by atoms with Crippen molar-refractivity contribution in [3.63, 3.8) is 0 Å². The van der Waals surface area contributed by atoms with Crippen LogP contribution in [0.5, 0.6) is 0 Å². The fourth-order valence-corrected chi connectivity index (χ4v) is 2.73. The van der Waals surface area contributed by atoms with Crippen LogP contribution in [0.4, 0.5) is 0 Å². The molecule has 0 unspecified atom stereocenters. The second-order valence-electron chi connectivity index (χ2n) is 5.71. The van der Waals surface area contributed by atoms with Gasteiger partial charge in [0.1, 0.15) is 12.3 Å². The van der Waals surface area contributed by atoms with Gasteiger partial charge in [-0.15, -0.1) is 0 Å². The number of imidazole rings is 1. The predicted octanol–water partition coefficient (Wildman–Crippen LogP) is 4.36. The molecule has 0 fully saturated rings. The normalized spacial score (nSPS) is 10.7. The van der Waals surface area contributed by atoms with E-state index in [2.05, 4.69) is 17.1 Å². The van der Waals surface area contributed by atoms with Gasteiger partial charge < -0.3 is 4.74 Å². The molecule has 0 radical (unpaired) electrons. The molecule has 0 bridgehead atoms. The number of carbonyl (C=O) groups is 1. The number of nitrogens with zero attached hydrogens (tertiary/aromatic N) is 2. The van der Waals surface area contributed by atoms with Crippen LogP contribution in [0.2, 0.25) is 0 Å². The average molecular weight is 328 g/mol. The number of carbonyl (C=O) groups excluding carboxylic acids is 1. The highest BCUT2D eigenvalue weighted by molar-refractivity contribution is 5.88. The lowest BCUT2D eigenvalue weighted by atomic mass is 10.0. The number of esters is 1. The molecule has 25 heavy (non-hydrogen) atoms. The number of benzene rings is 2. The van der Waals surface area contributed by atoms with Crippen molar-refractivity contribution in [2.24, 2.45) is 0 Å². The number of ether oxygens (including phenoxy) is 1. The van der Waals surface area contributed by atoms with Crippen LogP contribution in [0.15, 0.2) is 85.2 Å². The molecule has 2 aromatic heterocycles. The van der Waals surface area contributed by atoms with Gasteiger partial charge in [-0.05, 0) is 28.8 Å². The van der Waals surface area contributed by atoms with E-state index in [1.54, 1.807) is 10.6 Å². The topological polar surface area (TPSA) is 43.6 Å². The molecule has 0 atom stereocenters. The van der Waals surface area contributed by atoms with Crippen LogP contribution >= 0.6 is 0 Å². The number of hydrogen-bond acceptors (Lipinski definition) is 3. The Hall–Kier alpha value is -3.40. The minimum atomic E-state index is -0.383. The fraction of sp³-hybridized carbons (Fsp3) is 0.0476. The lowest BCUT2D eigenvalue weighted by molar-refractivity contribution is 0.0464. The zero-order chi connectivity index (χ0) is 17.1. The van der Waals surface area contributed by atoms with E-state index < -0.39 is 0 Å². The molecule has 4 nitrogen and oxygen atoms in total. The summed E-state index contributed by atoms with van der Waals surface area (Å²) in [5, 5.41) is 0. The molecule has 0 spiro atoms. The van der Waals surface area contributed by atoms with Crippen molar-refractivity contribution in [2.45, 2.75) is 6.61 Å². The molecular formula is C21H16N2O2. The van der Waals surface area contributed by atoms with E-state index >= 15 is 0 Å². The third-order valence-corrected chi connectivity index (χ3v) is 4.06. The maximum Gasteiger partial charge on any atom is 0.357 e. The molecule has 122 valence electrons. The van der Waals surface area contributed by atoms with E-state index in [9.17, 15) is 4.79 Å². The van der Waals surface area contributed by atoms with E-state index in [0.29, 0.717) is 5.69 Å². The molecule has 0 N–H and O–H groups in total. The van der Waals surface area contributed by atoms with Gasteiger partial charge >= 0.3 is 5.97 Å². The van der Waals surface area contributed by atoms with E-state index in [1.165, 1.54) is 6.20 Å². The predicted molar refractivity (Wildman–Crippen MR) is 96.2 cm³/mol. The minimum Gasteiger partial charge on any atom is -0.456 e. The van der Waals surface area contributed by atoms with Crippen molar-refractivity contribution in [3.8, 4) is 11.1 Å². The quantitative estimate of drug-likeness (QED) is 0.523. The van der Waals surface area contributed by atoms with Crippen molar-refractivity contribution in [3.05, 3.63) is 96.4 Å². The lowest BCUT2D eigenvalue weighted by Crippen LogP contribution is -2.08. The number of pyridine rings is 1. The minimum absolute atomic E-state index is 0.230. The standard InChI is InChI=1S/C21H16N2O2/c24-21(19-14-22-20-8-4-5-13-23(19)20)25-15-16-9-11-18(12-10-16)17-6-2-1-3-7-17/h1-14H,15H2. The lowest BCUT2D eigenvalue weighted by Gasteiger charge is -2.06. The highest BCUT2D eigenvalue weighted by atomic mass is 16.5. The van der Waals surface area contributed by atoms with Crippen LogP contribution in [0.1, 0.15) is 16.1 Å². The maximum absolute atomic E-state index is 12.3. The molecule has 2 aromatic carbocycles. The van der Waals surface area contributed by atoms with E-state index in [4.69, 9.17) is 4.74 Å². The van der Waals surface area contributed by atoms with Gasteiger partial charge in [0.05, 0.1) is 6.20 Å².